The molecule has 1 aromatic carbocycles. The van der Waals surface area contributed by atoms with E-state index < -0.39 is 0 Å². The fourth-order valence-corrected chi connectivity index (χ4v) is 4.04. The summed E-state index contributed by atoms with van der Waals surface area (Å²) in [6, 6.07) is 8.65. The van der Waals surface area contributed by atoms with E-state index in [1.807, 2.05) is 7.05 Å². The molecule has 0 saturated heterocycles. The van der Waals surface area contributed by atoms with Crippen molar-refractivity contribution >= 4 is 54.8 Å². The summed E-state index contributed by atoms with van der Waals surface area (Å²) in [6.45, 7) is 2.08. The quantitative estimate of drug-likeness (QED) is 0.701. The highest BCUT2D eigenvalue weighted by Crippen LogP contribution is 2.37. The average Bonchev–Trinajstić information content (AvgIpc) is 2.65. The van der Waals surface area contributed by atoms with Gasteiger partial charge in [0.15, 0.2) is 0 Å². The monoisotopic (exact) mass is 407 g/mol. The Morgan fingerprint density at radius 3 is 2.44 bits per heavy atom. The molecule has 1 aromatic heterocycles. The van der Waals surface area contributed by atoms with Crippen LogP contribution in [0.25, 0.3) is 0 Å². The van der Waals surface area contributed by atoms with E-state index in [0.29, 0.717) is 0 Å². The third-order valence-corrected chi connectivity index (χ3v) is 6.16. The molecule has 18 heavy (non-hydrogen) atoms. The van der Waals surface area contributed by atoms with Crippen LogP contribution in [0.2, 0.25) is 4.34 Å². The Labute approximate surface area is 133 Å². The van der Waals surface area contributed by atoms with Gasteiger partial charge in [-0.25, -0.2) is 0 Å². The van der Waals surface area contributed by atoms with E-state index in [-0.39, 0.29) is 6.04 Å². The van der Waals surface area contributed by atoms with E-state index in [1.54, 1.807) is 11.3 Å². The van der Waals surface area contributed by atoms with Gasteiger partial charge in [0.1, 0.15) is 4.34 Å². The fourth-order valence-electron chi connectivity index (χ4n) is 1.77. The van der Waals surface area contributed by atoms with Crippen LogP contribution in [-0.4, -0.2) is 7.05 Å². The molecule has 0 fully saturated rings. The van der Waals surface area contributed by atoms with Crippen LogP contribution < -0.4 is 5.32 Å². The highest BCUT2D eigenvalue weighted by atomic mass is 79.9. The molecule has 0 aliphatic carbocycles. The minimum absolute atomic E-state index is 0.163. The molecule has 0 radical (unpaired) electrons. The molecule has 0 amide bonds. The van der Waals surface area contributed by atoms with Crippen LogP contribution in [0.4, 0.5) is 0 Å². The number of hydrogen-bond acceptors (Lipinski definition) is 2. The zero-order valence-corrected chi connectivity index (χ0v) is 14.7. The lowest BCUT2D eigenvalue weighted by Crippen LogP contribution is -2.16. The summed E-state index contributed by atoms with van der Waals surface area (Å²) in [5.74, 6) is 0. The Hall–Kier alpha value is 0.130. The highest BCUT2D eigenvalue weighted by Gasteiger charge is 2.16. The predicted octanol–water partition coefficient (Wildman–Crippen LogP) is 5.54. The van der Waals surface area contributed by atoms with E-state index >= 15 is 0 Å². The van der Waals surface area contributed by atoms with Gasteiger partial charge in [0, 0.05) is 13.8 Å². The number of rotatable bonds is 3. The zero-order valence-electron chi connectivity index (χ0n) is 9.93. The summed E-state index contributed by atoms with van der Waals surface area (Å²) >= 11 is 14.7. The maximum Gasteiger partial charge on any atom is 0.107 e. The summed E-state index contributed by atoms with van der Waals surface area (Å²) < 4.78 is 2.87. The molecular weight excluding hydrogens is 397 g/mol. The summed E-state index contributed by atoms with van der Waals surface area (Å²) in [5, 5.41) is 3.33. The Bertz CT molecular complexity index is 549. The molecule has 1 heterocycles. The van der Waals surface area contributed by atoms with E-state index in [0.717, 1.165) is 13.3 Å². The van der Waals surface area contributed by atoms with Gasteiger partial charge < -0.3 is 5.32 Å². The minimum Gasteiger partial charge on any atom is -0.309 e. The van der Waals surface area contributed by atoms with Crippen LogP contribution in [0.3, 0.4) is 0 Å². The van der Waals surface area contributed by atoms with Gasteiger partial charge in [-0.15, -0.1) is 11.3 Å². The lowest BCUT2D eigenvalue weighted by molar-refractivity contribution is 0.703. The van der Waals surface area contributed by atoms with Crippen LogP contribution in [-0.2, 0) is 0 Å². The van der Waals surface area contributed by atoms with Crippen molar-refractivity contribution in [3.63, 3.8) is 0 Å². The third kappa shape index (κ3) is 2.99. The molecule has 0 saturated carbocycles. The van der Waals surface area contributed by atoms with Gasteiger partial charge in [-0.3, -0.25) is 0 Å². The number of hydrogen-bond donors (Lipinski definition) is 1. The van der Waals surface area contributed by atoms with Crippen molar-refractivity contribution in [2.75, 3.05) is 7.05 Å². The van der Waals surface area contributed by atoms with Crippen LogP contribution in [0.5, 0.6) is 0 Å². The van der Waals surface area contributed by atoms with Gasteiger partial charge in [0.05, 0.1) is 6.04 Å². The third-order valence-electron chi connectivity index (χ3n) is 2.77. The SMILES string of the molecule is CNC(c1ccc(C)c(Br)c1)c1cc(Br)c(Cl)s1. The van der Waals surface area contributed by atoms with E-state index in [4.69, 9.17) is 11.6 Å². The molecule has 1 atom stereocenters. The number of aryl methyl sites for hydroxylation is 1. The average molecular weight is 410 g/mol. The van der Waals surface area contributed by atoms with Gasteiger partial charge in [-0.2, -0.15) is 0 Å². The van der Waals surface area contributed by atoms with Crippen molar-refractivity contribution in [2.24, 2.45) is 0 Å². The number of halogens is 3. The summed E-state index contributed by atoms with van der Waals surface area (Å²) in [5.41, 5.74) is 2.46. The van der Waals surface area contributed by atoms with Crippen molar-refractivity contribution in [1.82, 2.24) is 5.32 Å². The molecule has 2 aromatic rings. The maximum absolute atomic E-state index is 6.11. The van der Waals surface area contributed by atoms with E-state index in [2.05, 4.69) is 68.4 Å². The smallest absolute Gasteiger partial charge is 0.107 e. The molecule has 1 unspecified atom stereocenters. The zero-order chi connectivity index (χ0) is 13.3. The molecule has 5 heteroatoms. The number of benzene rings is 1. The van der Waals surface area contributed by atoms with Gasteiger partial charge in [-0.05, 0) is 53.2 Å². The number of thiophene rings is 1. The Balaban J connectivity index is 2.41. The van der Waals surface area contributed by atoms with Crippen molar-refractivity contribution in [2.45, 2.75) is 13.0 Å². The molecule has 1 nitrogen and oxygen atoms in total. The molecule has 1 N–H and O–H groups in total. The van der Waals surface area contributed by atoms with Gasteiger partial charge in [-0.1, -0.05) is 39.7 Å². The maximum atomic E-state index is 6.11. The predicted molar refractivity (Wildman–Crippen MR) is 86.8 cm³/mol. The van der Waals surface area contributed by atoms with E-state index in [9.17, 15) is 0 Å². The van der Waals surface area contributed by atoms with Crippen LogP contribution in [0, 0.1) is 6.92 Å². The summed E-state index contributed by atoms with van der Waals surface area (Å²) in [4.78, 5) is 1.20. The number of nitrogens with one attached hydrogen (secondary N) is 1. The molecular formula is C13H12Br2ClNS. The first-order valence-electron chi connectivity index (χ1n) is 5.41. The topological polar surface area (TPSA) is 12.0 Å². The van der Waals surface area contributed by atoms with Gasteiger partial charge in [0.2, 0.25) is 0 Å². The van der Waals surface area contributed by atoms with Crippen LogP contribution >= 0.6 is 54.8 Å². The molecule has 0 aliphatic heterocycles. The second-order valence-electron chi connectivity index (χ2n) is 4.00. The van der Waals surface area contributed by atoms with Gasteiger partial charge in [0.25, 0.3) is 0 Å². The molecule has 0 spiro atoms. The molecule has 0 bridgehead atoms. The van der Waals surface area contributed by atoms with Crippen molar-refractivity contribution in [1.29, 1.82) is 0 Å². The van der Waals surface area contributed by atoms with Crippen LogP contribution in [0.15, 0.2) is 33.2 Å². The van der Waals surface area contributed by atoms with E-state index in [1.165, 1.54) is 16.0 Å². The van der Waals surface area contributed by atoms with Crippen molar-refractivity contribution in [3.05, 3.63) is 53.6 Å². The first-order valence-corrected chi connectivity index (χ1v) is 8.19. The fraction of sp³-hybridized carbons (Fsp3) is 0.231. The van der Waals surface area contributed by atoms with Crippen LogP contribution in [0.1, 0.15) is 22.0 Å². The second kappa shape index (κ2) is 6.06. The first kappa shape index (κ1) is 14.5. The first-order chi connectivity index (χ1) is 8.52. The second-order valence-corrected chi connectivity index (χ2v) is 7.40. The normalized spacial score (nSPS) is 12.7. The lowest BCUT2D eigenvalue weighted by Gasteiger charge is -2.16. The summed E-state index contributed by atoms with van der Waals surface area (Å²) in [6.07, 6.45) is 0. The minimum atomic E-state index is 0.163. The van der Waals surface area contributed by atoms with Crippen molar-refractivity contribution in [3.8, 4) is 0 Å². The molecule has 2 rings (SSSR count). The Morgan fingerprint density at radius 2 is 1.94 bits per heavy atom. The Kier molecular flexibility index (Phi) is 4.89. The standard InChI is InChI=1S/C13H12Br2ClNS/c1-7-3-4-8(5-9(7)14)12(17-2)11-6-10(15)13(16)18-11/h3-6,12,17H,1-2H3. The van der Waals surface area contributed by atoms with Crippen molar-refractivity contribution < 1.29 is 0 Å². The highest BCUT2D eigenvalue weighted by molar-refractivity contribution is 9.10. The molecule has 96 valence electrons. The van der Waals surface area contributed by atoms with Gasteiger partial charge >= 0.3 is 0 Å². The molecule has 0 aliphatic rings. The Morgan fingerprint density at radius 1 is 1.22 bits per heavy atom. The largest absolute Gasteiger partial charge is 0.309 e. The lowest BCUT2D eigenvalue weighted by atomic mass is 10.0. The summed E-state index contributed by atoms with van der Waals surface area (Å²) in [7, 11) is 1.96.